The number of para-hydroxylation sites is 1. The lowest BCUT2D eigenvalue weighted by molar-refractivity contribution is 0.555. The zero-order valence-corrected chi connectivity index (χ0v) is 16.6. The van der Waals surface area contributed by atoms with Gasteiger partial charge in [0.1, 0.15) is 0 Å². The van der Waals surface area contributed by atoms with Crippen LogP contribution in [0.15, 0.2) is 100 Å². The number of rotatable bonds is 2. The van der Waals surface area contributed by atoms with Crippen molar-refractivity contribution < 1.29 is 0 Å². The van der Waals surface area contributed by atoms with Crippen molar-refractivity contribution >= 4 is 29.2 Å². The summed E-state index contributed by atoms with van der Waals surface area (Å²) >= 11 is 1.98. The molecule has 3 aromatic rings. The summed E-state index contributed by atoms with van der Waals surface area (Å²) in [4.78, 5) is 6.53. The monoisotopic (exact) mass is 381 g/mol. The molecule has 2 unspecified atom stereocenters. The summed E-state index contributed by atoms with van der Waals surface area (Å²) in [7, 11) is 0. The van der Waals surface area contributed by atoms with Crippen LogP contribution < -0.4 is 0 Å². The molecule has 2 heteroatoms. The van der Waals surface area contributed by atoms with Gasteiger partial charge in [-0.3, -0.25) is 4.99 Å². The van der Waals surface area contributed by atoms with E-state index in [9.17, 15) is 0 Å². The Balaban J connectivity index is 1.64. The maximum absolute atomic E-state index is 5.24. The topological polar surface area (TPSA) is 12.4 Å². The first kappa shape index (κ1) is 17.5. The van der Waals surface area contributed by atoms with Crippen molar-refractivity contribution in [1.29, 1.82) is 0 Å². The lowest BCUT2D eigenvalue weighted by atomic mass is 9.79. The first-order valence-corrected chi connectivity index (χ1v) is 10.9. The van der Waals surface area contributed by atoms with Gasteiger partial charge >= 0.3 is 0 Å². The molecule has 1 saturated carbocycles. The van der Waals surface area contributed by atoms with Gasteiger partial charge in [-0.05, 0) is 54.2 Å². The van der Waals surface area contributed by atoms with E-state index in [4.69, 9.17) is 4.99 Å². The molecule has 2 atom stereocenters. The Bertz CT molecular complexity index is 1020. The van der Waals surface area contributed by atoms with Gasteiger partial charge in [-0.1, -0.05) is 72.8 Å². The molecular formula is C26H23NS. The molecule has 2 aliphatic rings. The summed E-state index contributed by atoms with van der Waals surface area (Å²) in [6, 6.07) is 30.3. The maximum Gasteiger partial charge on any atom is 0.0769 e. The molecular weight excluding hydrogens is 358 g/mol. The van der Waals surface area contributed by atoms with E-state index in [2.05, 4.69) is 91.0 Å². The van der Waals surface area contributed by atoms with Gasteiger partial charge in [0.15, 0.2) is 0 Å². The van der Waals surface area contributed by atoms with Gasteiger partial charge in [0.05, 0.1) is 5.69 Å². The molecule has 5 rings (SSSR count). The van der Waals surface area contributed by atoms with Crippen LogP contribution in [-0.2, 0) is 0 Å². The van der Waals surface area contributed by atoms with E-state index in [-0.39, 0.29) is 0 Å². The van der Waals surface area contributed by atoms with E-state index in [1.807, 2.05) is 11.8 Å². The minimum Gasteiger partial charge on any atom is -0.252 e. The number of thioether (sulfide) groups is 1. The van der Waals surface area contributed by atoms with E-state index in [0.29, 0.717) is 11.2 Å². The Labute approximate surface area is 171 Å². The van der Waals surface area contributed by atoms with Gasteiger partial charge in [0, 0.05) is 21.8 Å². The van der Waals surface area contributed by atoms with E-state index in [1.165, 1.54) is 40.1 Å². The third kappa shape index (κ3) is 3.45. The standard InChI is InChI=1S/C26H23NS/c1-3-10-19(11-4-1)18-21-14-9-15-22-25(21)27-23-16-7-8-17-24(23)28-26(22)20-12-5-2-6-13-20/h1-8,10-13,16-18,22,26H,9,14-15H2/b21-18+. The highest BCUT2D eigenvalue weighted by Gasteiger charge is 2.35. The van der Waals surface area contributed by atoms with Gasteiger partial charge in [-0.2, -0.15) is 0 Å². The quantitative estimate of drug-likeness (QED) is 0.448. The Morgan fingerprint density at radius 1 is 0.821 bits per heavy atom. The zero-order chi connectivity index (χ0) is 18.8. The van der Waals surface area contributed by atoms with Gasteiger partial charge in [-0.15, -0.1) is 11.8 Å². The third-order valence-electron chi connectivity index (χ3n) is 5.64. The molecule has 0 radical (unpaired) electrons. The predicted molar refractivity (Wildman–Crippen MR) is 120 cm³/mol. The minimum absolute atomic E-state index is 0.406. The molecule has 0 N–H and O–H groups in total. The van der Waals surface area contributed by atoms with Crippen molar-refractivity contribution in [3.8, 4) is 0 Å². The highest BCUT2D eigenvalue weighted by atomic mass is 32.2. The van der Waals surface area contributed by atoms with Crippen LogP contribution >= 0.6 is 11.8 Å². The maximum atomic E-state index is 5.24. The predicted octanol–water partition coefficient (Wildman–Crippen LogP) is 7.49. The van der Waals surface area contributed by atoms with Gasteiger partial charge < -0.3 is 0 Å². The number of allylic oxidation sites excluding steroid dienone is 1. The van der Waals surface area contributed by atoms with Crippen LogP contribution in [0.4, 0.5) is 5.69 Å². The molecule has 0 spiro atoms. The van der Waals surface area contributed by atoms with E-state index < -0.39 is 0 Å². The SMILES string of the molecule is C(=C1/CCCC2C1=Nc1ccccc1SC2c1ccccc1)/c1ccccc1. The first-order chi connectivity index (χ1) is 13.9. The average molecular weight is 382 g/mol. The van der Waals surface area contributed by atoms with Crippen molar-refractivity contribution in [3.63, 3.8) is 0 Å². The van der Waals surface area contributed by atoms with Crippen LogP contribution in [0.3, 0.4) is 0 Å². The molecule has 1 aliphatic carbocycles. The molecule has 28 heavy (non-hydrogen) atoms. The highest BCUT2D eigenvalue weighted by Crippen LogP contribution is 2.51. The Morgan fingerprint density at radius 2 is 1.54 bits per heavy atom. The average Bonchev–Trinajstić information content (AvgIpc) is 2.93. The molecule has 3 aromatic carbocycles. The zero-order valence-electron chi connectivity index (χ0n) is 15.8. The molecule has 0 aromatic heterocycles. The van der Waals surface area contributed by atoms with Crippen LogP contribution in [0, 0.1) is 5.92 Å². The van der Waals surface area contributed by atoms with Crippen molar-refractivity contribution in [3.05, 3.63) is 102 Å². The summed E-state index contributed by atoms with van der Waals surface area (Å²) in [6.45, 7) is 0. The minimum atomic E-state index is 0.406. The van der Waals surface area contributed by atoms with Gasteiger partial charge in [-0.25, -0.2) is 0 Å². The molecule has 1 aliphatic heterocycles. The summed E-state index contributed by atoms with van der Waals surface area (Å²) in [5.41, 5.74) is 6.49. The van der Waals surface area contributed by atoms with Crippen molar-refractivity contribution in [1.82, 2.24) is 0 Å². The second-order valence-corrected chi connectivity index (χ2v) is 8.68. The van der Waals surface area contributed by atoms with Crippen LogP contribution in [0.2, 0.25) is 0 Å². The first-order valence-electron chi connectivity index (χ1n) is 10.0. The number of nitrogens with zero attached hydrogens (tertiary/aromatic N) is 1. The summed E-state index contributed by atoms with van der Waals surface area (Å²) < 4.78 is 0. The van der Waals surface area contributed by atoms with Crippen molar-refractivity contribution in [2.24, 2.45) is 10.9 Å². The lowest BCUT2D eigenvalue weighted by Crippen LogP contribution is -2.25. The van der Waals surface area contributed by atoms with Gasteiger partial charge in [0.25, 0.3) is 0 Å². The van der Waals surface area contributed by atoms with Crippen molar-refractivity contribution in [2.75, 3.05) is 0 Å². The fourth-order valence-electron chi connectivity index (χ4n) is 4.30. The number of benzene rings is 3. The third-order valence-corrected chi connectivity index (χ3v) is 7.09. The Hall–Kier alpha value is -2.58. The largest absolute Gasteiger partial charge is 0.252 e. The van der Waals surface area contributed by atoms with Crippen LogP contribution in [0.5, 0.6) is 0 Å². The van der Waals surface area contributed by atoms with Crippen LogP contribution in [0.25, 0.3) is 6.08 Å². The number of hydrogen-bond acceptors (Lipinski definition) is 2. The van der Waals surface area contributed by atoms with Crippen LogP contribution in [-0.4, -0.2) is 5.71 Å². The number of fused-ring (bicyclic) bond motifs is 2. The molecule has 1 fully saturated rings. The fourth-order valence-corrected chi connectivity index (χ4v) is 5.69. The number of hydrogen-bond donors (Lipinski definition) is 0. The second-order valence-electron chi connectivity index (χ2n) is 7.49. The highest BCUT2D eigenvalue weighted by molar-refractivity contribution is 7.99. The Kier molecular flexibility index (Phi) is 4.88. The molecule has 0 bridgehead atoms. The fraction of sp³-hybridized carbons (Fsp3) is 0.192. The molecule has 138 valence electrons. The molecule has 1 nitrogen and oxygen atoms in total. The smallest absolute Gasteiger partial charge is 0.0769 e. The van der Waals surface area contributed by atoms with Crippen LogP contribution in [0.1, 0.15) is 35.6 Å². The normalized spacial score (nSPS) is 22.7. The number of aliphatic imine (C=N–C) groups is 1. The second kappa shape index (κ2) is 7.81. The van der Waals surface area contributed by atoms with E-state index >= 15 is 0 Å². The van der Waals surface area contributed by atoms with Gasteiger partial charge in [0.2, 0.25) is 0 Å². The summed E-state index contributed by atoms with van der Waals surface area (Å²) in [6.07, 6.45) is 5.89. The van der Waals surface area contributed by atoms with Crippen molar-refractivity contribution in [2.45, 2.75) is 29.4 Å². The summed E-state index contributed by atoms with van der Waals surface area (Å²) in [5, 5.41) is 0.406. The summed E-state index contributed by atoms with van der Waals surface area (Å²) in [5.74, 6) is 0.448. The van der Waals surface area contributed by atoms with E-state index in [0.717, 1.165) is 12.1 Å². The van der Waals surface area contributed by atoms with E-state index in [1.54, 1.807) is 0 Å². The molecule has 1 heterocycles. The Morgan fingerprint density at radius 3 is 2.36 bits per heavy atom. The lowest BCUT2D eigenvalue weighted by Gasteiger charge is -2.31. The molecule has 0 amide bonds. The molecule has 0 saturated heterocycles.